The molecule has 0 aliphatic carbocycles. The molecule has 1 aromatic heterocycles. The van der Waals surface area contributed by atoms with Gasteiger partial charge in [0, 0.05) is 17.2 Å². The van der Waals surface area contributed by atoms with Gasteiger partial charge in [-0.2, -0.15) is 0 Å². The van der Waals surface area contributed by atoms with E-state index in [0.717, 1.165) is 12.0 Å². The van der Waals surface area contributed by atoms with Crippen molar-refractivity contribution in [2.75, 3.05) is 0 Å². The normalized spacial score (nSPS) is 11.5. The summed E-state index contributed by atoms with van der Waals surface area (Å²) in [6.45, 7) is 3.78. The second kappa shape index (κ2) is 3.09. The van der Waals surface area contributed by atoms with Crippen LogP contribution in [0.4, 0.5) is 0 Å². The molecule has 0 atom stereocenters. The third kappa shape index (κ3) is 2.38. The average Bonchev–Trinajstić information content (AvgIpc) is 2.39. The van der Waals surface area contributed by atoms with Crippen LogP contribution in [-0.2, 0) is 11.2 Å². The summed E-state index contributed by atoms with van der Waals surface area (Å²) in [7, 11) is 0. The summed E-state index contributed by atoms with van der Waals surface area (Å²) in [6.07, 6.45) is 1.62. The van der Waals surface area contributed by atoms with E-state index in [1.54, 1.807) is 0 Å². The molecule has 0 saturated carbocycles. The van der Waals surface area contributed by atoms with Gasteiger partial charge in [0.05, 0.1) is 5.69 Å². The second-order valence-corrected chi connectivity index (χ2v) is 3.79. The summed E-state index contributed by atoms with van der Waals surface area (Å²) in [5.74, 6) is 0. The Morgan fingerprint density at radius 1 is 1.73 bits per heavy atom. The fraction of sp³-hybridized carbons (Fsp3) is 0.571. The number of hydrogen-bond acceptors (Lipinski definition) is 4. The Hall–Kier alpha value is -0.770. The maximum absolute atomic E-state index is 10.5. The lowest BCUT2D eigenvalue weighted by atomic mass is 9.90. The first-order chi connectivity index (χ1) is 5.14. The smallest absolute Gasteiger partial charge is 0.125 e. The van der Waals surface area contributed by atoms with E-state index in [2.05, 4.69) is 9.59 Å². The molecule has 0 radical (unpaired) electrons. The van der Waals surface area contributed by atoms with Gasteiger partial charge in [0.15, 0.2) is 0 Å². The number of carbonyl (C=O) groups is 1. The molecule has 0 amide bonds. The Bertz CT molecular complexity index is 231. The van der Waals surface area contributed by atoms with Crippen LogP contribution in [-0.4, -0.2) is 15.9 Å². The van der Waals surface area contributed by atoms with E-state index in [9.17, 15) is 4.79 Å². The zero-order valence-electron chi connectivity index (χ0n) is 6.57. The van der Waals surface area contributed by atoms with E-state index < -0.39 is 0 Å². The Morgan fingerprint density at radius 2 is 2.45 bits per heavy atom. The van der Waals surface area contributed by atoms with Crippen LogP contribution in [0.1, 0.15) is 19.5 Å². The highest BCUT2D eigenvalue weighted by molar-refractivity contribution is 7.03. The molecule has 3 nitrogen and oxygen atoms in total. The minimum Gasteiger partial charge on any atom is -0.303 e. The third-order valence-corrected chi connectivity index (χ3v) is 1.91. The molecule has 0 fully saturated rings. The molecule has 0 aliphatic rings. The van der Waals surface area contributed by atoms with Gasteiger partial charge < -0.3 is 4.79 Å². The number of carbonyl (C=O) groups excluding carboxylic acids is 1. The maximum atomic E-state index is 10.5. The van der Waals surface area contributed by atoms with Crippen LogP contribution in [0.15, 0.2) is 5.38 Å². The quantitative estimate of drug-likeness (QED) is 0.642. The summed E-state index contributed by atoms with van der Waals surface area (Å²) in [5.41, 5.74) is 0.586. The van der Waals surface area contributed by atoms with Crippen LogP contribution >= 0.6 is 11.5 Å². The molecule has 1 rings (SSSR count). The lowest BCUT2D eigenvalue weighted by Gasteiger charge is -2.13. The van der Waals surface area contributed by atoms with Crippen LogP contribution in [0, 0.1) is 5.41 Å². The molecule has 11 heavy (non-hydrogen) atoms. The van der Waals surface area contributed by atoms with Gasteiger partial charge in [-0.25, -0.2) is 0 Å². The lowest BCUT2D eigenvalue weighted by Crippen LogP contribution is -2.16. The van der Waals surface area contributed by atoms with Gasteiger partial charge in [-0.05, 0) is 11.5 Å². The molecular formula is C7H10N2OS. The first kappa shape index (κ1) is 8.33. The van der Waals surface area contributed by atoms with E-state index in [1.807, 2.05) is 19.2 Å². The van der Waals surface area contributed by atoms with Crippen molar-refractivity contribution in [3.8, 4) is 0 Å². The zero-order chi connectivity index (χ0) is 8.32. The molecule has 0 aliphatic heterocycles. The molecule has 0 bridgehead atoms. The topological polar surface area (TPSA) is 42.9 Å². The first-order valence-electron chi connectivity index (χ1n) is 3.36. The van der Waals surface area contributed by atoms with Crippen molar-refractivity contribution in [3.63, 3.8) is 0 Å². The zero-order valence-corrected chi connectivity index (χ0v) is 7.39. The highest BCUT2D eigenvalue weighted by Crippen LogP contribution is 2.17. The number of hydrogen-bond donors (Lipinski definition) is 0. The van der Waals surface area contributed by atoms with Crippen LogP contribution in [0.25, 0.3) is 0 Å². The van der Waals surface area contributed by atoms with Gasteiger partial charge in [-0.3, -0.25) is 0 Å². The third-order valence-electron chi connectivity index (χ3n) is 1.36. The van der Waals surface area contributed by atoms with Crippen molar-refractivity contribution in [3.05, 3.63) is 11.1 Å². The van der Waals surface area contributed by atoms with Crippen molar-refractivity contribution < 1.29 is 4.79 Å². The largest absolute Gasteiger partial charge is 0.303 e. The molecule has 1 heterocycles. The van der Waals surface area contributed by atoms with Crippen molar-refractivity contribution in [2.24, 2.45) is 5.41 Å². The van der Waals surface area contributed by atoms with E-state index >= 15 is 0 Å². The Kier molecular flexibility index (Phi) is 2.34. The molecule has 60 valence electrons. The van der Waals surface area contributed by atoms with E-state index in [4.69, 9.17) is 0 Å². The van der Waals surface area contributed by atoms with E-state index in [-0.39, 0.29) is 5.41 Å². The highest BCUT2D eigenvalue weighted by atomic mass is 32.1. The fourth-order valence-corrected chi connectivity index (χ4v) is 1.22. The van der Waals surface area contributed by atoms with Gasteiger partial charge in [-0.15, -0.1) is 5.10 Å². The molecule has 0 spiro atoms. The van der Waals surface area contributed by atoms with E-state index in [1.165, 1.54) is 11.5 Å². The van der Waals surface area contributed by atoms with Crippen LogP contribution in [0.3, 0.4) is 0 Å². The van der Waals surface area contributed by atoms with Crippen molar-refractivity contribution in [2.45, 2.75) is 20.3 Å². The van der Waals surface area contributed by atoms with Gasteiger partial charge >= 0.3 is 0 Å². The van der Waals surface area contributed by atoms with Gasteiger partial charge in [0.25, 0.3) is 0 Å². The van der Waals surface area contributed by atoms with Crippen LogP contribution in [0.2, 0.25) is 0 Å². The number of rotatable bonds is 3. The predicted octanol–water partition coefficient (Wildman–Crippen LogP) is 1.31. The average molecular weight is 170 g/mol. The minimum atomic E-state index is -0.310. The lowest BCUT2D eigenvalue weighted by molar-refractivity contribution is -0.114. The van der Waals surface area contributed by atoms with Crippen LogP contribution < -0.4 is 0 Å². The Morgan fingerprint density at radius 3 is 2.91 bits per heavy atom. The molecule has 0 aromatic carbocycles. The summed E-state index contributed by atoms with van der Waals surface area (Å²) in [5, 5.41) is 5.73. The molecule has 0 unspecified atom stereocenters. The fourth-order valence-electron chi connectivity index (χ4n) is 0.769. The summed E-state index contributed by atoms with van der Waals surface area (Å²) >= 11 is 1.31. The number of nitrogens with zero attached hydrogens (tertiary/aromatic N) is 2. The molecular weight excluding hydrogens is 160 g/mol. The molecule has 4 heteroatoms. The Labute approximate surface area is 69.6 Å². The summed E-state index contributed by atoms with van der Waals surface area (Å²) < 4.78 is 3.72. The predicted molar refractivity (Wildman–Crippen MR) is 43.5 cm³/mol. The maximum Gasteiger partial charge on any atom is 0.125 e. The van der Waals surface area contributed by atoms with Crippen molar-refractivity contribution >= 4 is 17.8 Å². The van der Waals surface area contributed by atoms with Gasteiger partial charge in [-0.1, -0.05) is 18.3 Å². The van der Waals surface area contributed by atoms with Crippen LogP contribution in [0.5, 0.6) is 0 Å². The van der Waals surface area contributed by atoms with Crippen molar-refractivity contribution in [1.82, 2.24) is 9.59 Å². The minimum absolute atomic E-state index is 0.310. The number of aromatic nitrogens is 2. The molecule has 1 aromatic rings. The SMILES string of the molecule is CC(C)(C=O)Cc1csnn1. The highest BCUT2D eigenvalue weighted by Gasteiger charge is 2.18. The monoisotopic (exact) mass is 170 g/mol. The second-order valence-electron chi connectivity index (χ2n) is 3.18. The molecule has 0 N–H and O–H groups in total. The molecule has 0 saturated heterocycles. The Balaban J connectivity index is 2.63. The number of aldehydes is 1. The summed E-state index contributed by atoms with van der Waals surface area (Å²) in [4.78, 5) is 10.5. The van der Waals surface area contributed by atoms with Gasteiger partial charge in [0.1, 0.15) is 6.29 Å². The summed E-state index contributed by atoms with van der Waals surface area (Å²) in [6, 6.07) is 0. The standard InChI is InChI=1S/C7H10N2OS/c1-7(2,5-10)3-6-4-11-9-8-6/h4-5H,3H2,1-2H3. The first-order valence-corrected chi connectivity index (χ1v) is 4.20. The van der Waals surface area contributed by atoms with Crippen molar-refractivity contribution in [1.29, 1.82) is 0 Å². The van der Waals surface area contributed by atoms with E-state index in [0.29, 0.717) is 6.42 Å². The van der Waals surface area contributed by atoms with Gasteiger partial charge in [0.2, 0.25) is 0 Å².